The van der Waals surface area contributed by atoms with Crippen molar-refractivity contribution in [2.45, 2.75) is 16.2 Å². The number of benzene rings is 2. The van der Waals surface area contributed by atoms with E-state index in [-0.39, 0.29) is 0 Å². The lowest BCUT2D eigenvalue weighted by Gasteiger charge is -2.24. The summed E-state index contributed by atoms with van der Waals surface area (Å²) in [7, 11) is 4.20. The lowest BCUT2D eigenvalue weighted by atomic mass is 9.96. The van der Waals surface area contributed by atoms with Crippen LogP contribution in [-0.4, -0.2) is 25.5 Å². The summed E-state index contributed by atoms with van der Waals surface area (Å²) < 4.78 is 1.23. The van der Waals surface area contributed by atoms with Crippen LogP contribution in [0.2, 0.25) is 5.02 Å². The Balaban J connectivity index is 2.15. The van der Waals surface area contributed by atoms with Gasteiger partial charge in [0.1, 0.15) is 0 Å². The zero-order valence-corrected chi connectivity index (χ0v) is 15.7. The van der Waals surface area contributed by atoms with E-state index in [1.165, 1.54) is 31.0 Å². The number of fused-ring (bicyclic) bond motifs is 2. The minimum atomic E-state index is 0.782. The molecule has 1 heterocycles. The van der Waals surface area contributed by atoms with Gasteiger partial charge in [0.2, 0.25) is 0 Å². The van der Waals surface area contributed by atoms with E-state index in [2.05, 4.69) is 71.3 Å². The van der Waals surface area contributed by atoms with Crippen molar-refractivity contribution < 1.29 is 0 Å². The van der Waals surface area contributed by atoms with E-state index in [0.29, 0.717) is 0 Å². The maximum absolute atomic E-state index is 6.25. The molecule has 0 saturated heterocycles. The molecule has 2 aromatic carbocycles. The van der Waals surface area contributed by atoms with Crippen LogP contribution in [0.1, 0.15) is 17.5 Å². The fourth-order valence-corrected chi connectivity index (χ4v) is 4.40. The highest BCUT2D eigenvalue weighted by Crippen LogP contribution is 2.48. The first-order valence-electron chi connectivity index (χ1n) is 7.17. The highest BCUT2D eigenvalue weighted by molar-refractivity contribution is 9.11. The molecule has 0 unspecified atom stereocenters. The highest BCUT2D eigenvalue weighted by Gasteiger charge is 2.23. The summed E-state index contributed by atoms with van der Waals surface area (Å²) >= 11 is 11.9. The summed E-state index contributed by atoms with van der Waals surface area (Å²) in [4.78, 5) is 4.76. The lowest BCUT2D eigenvalue weighted by Crippen LogP contribution is -2.13. The van der Waals surface area contributed by atoms with E-state index >= 15 is 0 Å². The quantitative estimate of drug-likeness (QED) is 0.543. The van der Waals surface area contributed by atoms with Crippen molar-refractivity contribution in [1.29, 1.82) is 0 Å². The molecule has 0 saturated carbocycles. The molecule has 0 radical (unpaired) electrons. The maximum Gasteiger partial charge on any atom is 0.0412 e. The minimum absolute atomic E-state index is 0.782. The molecule has 0 N–H and O–H groups in total. The van der Waals surface area contributed by atoms with Crippen LogP contribution < -0.4 is 0 Å². The molecule has 1 aliphatic rings. The number of hydrogen-bond acceptors (Lipinski definition) is 2. The van der Waals surface area contributed by atoms with E-state index in [4.69, 9.17) is 11.6 Å². The Hall–Kier alpha value is -0.740. The molecule has 1 nitrogen and oxygen atoms in total. The molecule has 0 aliphatic carbocycles. The van der Waals surface area contributed by atoms with Crippen molar-refractivity contribution in [2.24, 2.45) is 0 Å². The largest absolute Gasteiger partial charge is 0.309 e. The third-order valence-electron chi connectivity index (χ3n) is 3.64. The first-order chi connectivity index (χ1) is 10.6. The van der Waals surface area contributed by atoms with Gasteiger partial charge in [-0.2, -0.15) is 0 Å². The fraction of sp³-hybridized carbons (Fsp3) is 0.222. The second kappa shape index (κ2) is 6.79. The molecule has 114 valence electrons. The first kappa shape index (κ1) is 16.1. The van der Waals surface area contributed by atoms with Gasteiger partial charge >= 0.3 is 0 Å². The predicted octanol–water partition coefficient (Wildman–Crippen LogP) is 5.91. The average molecular weight is 395 g/mol. The molecule has 22 heavy (non-hydrogen) atoms. The van der Waals surface area contributed by atoms with Crippen molar-refractivity contribution in [3.8, 4) is 0 Å². The van der Waals surface area contributed by atoms with Crippen molar-refractivity contribution in [3.63, 3.8) is 0 Å². The zero-order valence-electron chi connectivity index (χ0n) is 12.6. The fourth-order valence-electron chi connectivity index (χ4n) is 2.55. The van der Waals surface area contributed by atoms with Crippen molar-refractivity contribution in [3.05, 3.63) is 63.1 Å². The monoisotopic (exact) mass is 393 g/mol. The van der Waals surface area contributed by atoms with Crippen LogP contribution in [0.5, 0.6) is 0 Å². The predicted molar refractivity (Wildman–Crippen MR) is 100 cm³/mol. The molecule has 0 amide bonds. The summed E-state index contributed by atoms with van der Waals surface area (Å²) in [6.45, 7) is 1.01. The molecule has 2 aromatic rings. The molecule has 3 rings (SSSR count). The standard InChI is InChI=1S/C18H17BrClNS/c1-21(2)10-9-15(19)18-13-5-3-4-6-16(13)22-17-8-7-12(20)11-14(17)18/h3-8,11H,9-10H2,1-2H3/b18-15+. The minimum Gasteiger partial charge on any atom is -0.309 e. The number of halogens is 2. The van der Waals surface area contributed by atoms with Gasteiger partial charge in [-0.05, 0) is 55.9 Å². The summed E-state index contributed by atoms with van der Waals surface area (Å²) in [5, 5.41) is 0.782. The Morgan fingerprint density at radius 3 is 2.59 bits per heavy atom. The van der Waals surface area contributed by atoms with Crippen LogP contribution in [0, 0.1) is 0 Å². The van der Waals surface area contributed by atoms with Crippen LogP contribution in [0.25, 0.3) is 5.57 Å². The zero-order chi connectivity index (χ0) is 15.7. The van der Waals surface area contributed by atoms with Crippen LogP contribution in [0.3, 0.4) is 0 Å². The molecular formula is C18H17BrClNS. The molecule has 0 spiro atoms. The van der Waals surface area contributed by atoms with Gasteiger partial charge in [0.05, 0.1) is 0 Å². The van der Waals surface area contributed by atoms with Crippen LogP contribution in [0.4, 0.5) is 0 Å². The van der Waals surface area contributed by atoms with Crippen LogP contribution in [-0.2, 0) is 0 Å². The van der Waals surface area contributed by atoms with Gasteiger partial charge in [0, 0.05) is 31.4 Å². The second-order valence-corrected chi connectivity index (χ2v) is 8.05. The summed E-state index contributed by atoms with van der Waals surface area (Å²) in [6, 6.07) is 14.7. The highest BCUT2D eigenvalue weighted by atomic mass is 79.9. The van der Waals surface area contributed by atoms with Crippen molar-refractivity contribution in [1.82, 2.24) is 4.90 Å². The molecule has 0 atom stereocenters. The number of hydrogen-bond donors (Lipinski definition) is 0. The van der Waals surface area contributed by atoms with E-state index in [0.717, 1.165) is 18.0 Å². The van der Waals surface area contributed by atoms with E-state index in [1.54, 1.807) is 0 Å². The molecule has 4 heteroatoms. The maximum atomic E-state index is 6.25. The SMILES string of the molecule is CN(C)CC/C(Br)=C1/c2ccccc2Sc2ccc(Cl)cc21. The normalized spacial score (nSPS) is 15.5. The van der Waals surface area contributed by atoms with Gasteiger partial charge in [-0.15, -0.1) is 0 Å². The molecule has 0 fully saturated rings. The molecule has 0 bridgehead atoms. The van der Waals surface area contributed by atoms with Gasteiger partial charge in [-0.25, -0.2) is 0 Å². The van der Waals surface area contributed by atoms with Gasteiger partial charge in [0.25, 0.3) is 0 Å². The average Bonchev–Trinajstić information content (AvgIpc) is 2.50. The smallest absolute Gasteiger partial charge is 0.0412 e. The third kappa shape index (κ3) is 3.28. The van der Waals surface area contributed by atoms with Crippen LogP contribution in [0.15, 0.2) is 56.7 Å². The number of rotatable bonds is 3. The number of nitrogens with zero attached hydrogens (tertiary/aromatic N) is 1. The summed E-state index contributed by atoms with van der Waals surface area (Å²) in [5.74, 6) is 0. The second-order valence-electron chi connectivity index (χ2n) is 5.57. The van der Waals surface area contributed by atoms with E-state index < -0.39 is 0 Å². The van der Waals surface area contributed by atoms with E-state index in [9.17, 15) is 0 Å². The molecule has 1 aliphatic heterocycles. The first-order valence-corrected chi connectivity index (χ1v) is 9.15. The Kier molecular flexibility index (Phi) is 4.98. The Morgan fingerprint density at radius 2 is 1.82 bits per heavy atom. The van der Waals surface area contributed by atoms with Gasteiger partial charge in [0.15, 0.2) is 0 Å². The van der Waals surface area contributed by atoms with Gasteiger partial charge < -0.3 is 4.90 Å². The Morgan fingerprint density at radius 1 is 1.09 bits per heavy atom. The summed E-state index contributed by atoms with van der Waals surface area (Å²) in [6.07, 6.45) is 0.979. The lowest BCUT2D eigenvalue weighted by molar-refractivity contribution is 0.416. The van der Waals surface area contributed by atoms with Crippen molar-refractivity contribution >= 4 is 44.9 Å². The van der Waals surface area contributed by atoms with Gasteiger partial charge in [-0.1, -0.05) is 57.5 Å². The summed E-state index contributed by atoms with van der Waals surface area (Å²) in [5.41, 5.74) is 3.78. The van der Waals surface area contributed by atoms with Crippen molar-refractivity contribution in [2.75, 3.05) is 20.6 Å². The van der Waals surface area contributed by atoms with Gasteiger partial charge in [-0.3, -0.25) is 0 Å². The molecule has 0 aromatic heterocycles. The topological polar surface area (TPSA) is 3.24 Å². The molecular weight excluding hydrogens is 378 g/mol. The van der Waals surface area contributed by atoms with Crippen LogP contribution >= 0.6 is 39.3 Å². The van der Waals surface area contributed by atoms with E-state index in [1.807, 2.05) is 17.8 Å². The Labute approximate surface area is 149 Å². The Bertz CT molecular complexity index is 740. The third-order valence-corrected chi connectivity index (χ3v) is 5.82.